The molecule has 7 heteroatoms. The van der Waals surface area contributed by atoms with E-state index in [1.54, 1.807) is 0 Å². The van der Waals surface area contributed by atoms with Crippen LogP contribution in [0.3, 0.4) is 0 Å². The van der Waals surface area contributed by atoms with Gasteiger partial charge in [-0.05, 0) is 25.7 Å². The van der Waals surface area contributed by atoms with E-state index < -0.39 is 0 Å². The average molecular weight is 435 g/mol. The molecule has 6 nitrogen and oxygen atoms in total. The molecule has 0 bridgehead atoms. The van der Waals surface area contributed by atoms with Crippen molar-refractivity contribution in [2.45, 2.75) is 32.7 Å². The van der Waals surface area contributed by atoms with Gasteiger partial charge in [0.15, 0.2) is 5.96 Å². The lowest BCUT2D eigenvalue weighted by atomic mass is 9.93. The van der Waals surface area contributed by atoms with E-state index in [4.69, 9.17) is 4.74 Å². The smallest absolute Gasteiger partial charge is 0.193 e. The standard InChI is InChI=1S/C16H29N5O.HI/c1-4-22-11-5-7-19-16(17-3)20-9-6-14(2)15(12-20)21-10-8-18-13-21;/h8,10,13-15H,4-7,9,11-12H2,1-3H3,(H,17,19);1H. The molecule has 1 N–H and O–H groups in total. The Morgan fingerprint density at radius 1 is 1.48 bits per heavy atom. The van der Waals surface area contributed by atoms with Crippen LogP contribution in [-0.2, 0) is 4.74 Å². The van der Waals surface area contributed by atoms with Crippen molar-refractivity contribution < 1.29 is 4.74 Å². The molecule has 1 aromatic rings. The molecule has 2 rings (SSSR count). The summed E-state index contributed by atoms with van der Waals surface area (Å²) in [6.45, 7) is 8.85. The molecule has 1 saturated heterocycles. The van der Waals surface area contributed by atoms with Gasteiger partial charge in [-0.3, -0.25) is 4.99 Å². The molecule has 2 heterocycles. The summed E-state index contributed by atoms with van der Waals surface area (Å²) in [6, 6.07) is 0.457. The zero-order valence-corrected chi connectivity index (χ0v) is 16.8. The third-order valence-corrected chi connectivity index (χ3v) is 4.29. The summed E-state index contributed by atoms with van der Waals surface area (Å²) in [5, 5.41) is 3.45. The van der Waals surface area contributed by atoms with Crippen LogP contribution in [0, 0.1) is 5.92 Å². The highest BCUT2D eigenvalue weighted by atomic mass is 127. The summed E-state index contributed by atoms with van der Waals surface area (Å²) < 4.78 is 7.59. The summed E-state index contributed by atoms with van der Waals surface area (Å²) in [6.07, 6.45) is 8.00. The Hall–Kier alpha value is -0.830. The number of aromatic nitrogens is 2. The first-order valence-electron chi connectivity index (χ1n) is 8.27. The van der Waals surface area contributed by atoms with Gasteiger partial charge < -0.3 is 19.5 Å². The van der Waals surface area contributed by atoms with Crippen molar-refractivity contribution >= 4 is 29.9 Å². The fourth-order valence-corrected chi connectivity index (χ4v) is 2.95. The number of likely N-dealkylation sites (tertiary alicyclic amines) is 1. The SMILES string of the molecule is CCOCCCNC(=NC)N1CCC(C)C(n2ccnc2)C1.I. The van der Waals surface area contributed by atoms with Crippen LogP contribution >= 0.6 is 24.0 Å². The molecule has 0 aromatic carbocycles. The van der Waals surface area contributed by atoms with Crippen LogP contribution in [0.4, 0.5) is 0 Å². The Morgan fingerprint density at radius 2 is 2.30 bits per heavy atom. The number of piperidine rings is 1. The van der Waals surface area contributed by atoms with Gasteiger partial charge in [-0.2, -0.15) is 0 Å². The second-order valence-corrected chi connectivity index (χ2v) is 5.81. The molecule has 1 aromatic heterocycles. The topological polar surface area (TPSA) is 54.7 Å². The molecule has 1 aliphatic heterocycles. The van der Waals surface area contributed by atoms with Crippen LogP contribution in [-0.4, -0.2) is 60.3 Å². The molecule has 0 radical (unpaired) electrons. The molecule has 23 heavy (non-hydrogen) atoms. The van der Waals surface area contributed by atoms with E-state index in [0.29, 0.717) is 12.0 Å². The maximum Gasteiger partial charge on any atom is 0.193 e. The predicted molar refractivity (Wildman–Crippen MR) is 105 cm³/mol. The Morgan fingerprint density at radius 3 is 2.96 bits per heavy atom. The number of guanidine groups is 1. The van der Waals surface area contributed by atoms with Crippen LogP contribution in [0.15, 0.2) is 23.7 Å². The van der Waals surface area contributed by atoms with Gasteiger partial charge in [0.25, 0.3) is 0 Å². The van der Waals surface area contributed by atoms with E-state index in [1.807, 2.05) is 26.5 Å². The number of hydrogen-bond donors (Lipinski definition) is 1. The normalized spacial score (nSPS) is 21.9. The predicted octanol–water partition coefficient (Wildman–Crippen LogP) is 2.39. The zero-order valence-electron chi connectivity index (χ0n) is 14.4. The molecule has 0 amide bonds. The minimum Gasteiger partial charge on any atom is -0.382 e. The summed E-state index contributed by atoms with van der Waals surface area (Å²) in [7, 11) is 1.86. The van der Waals surface area contributed by atoms with E-state index in [-0.39, 0.29) is 24.0 Å². The highest BCUT2D eigenvalue weighted by Crippen LogP contribution is 2.27. The van der Waals surface area contributed by atoms with Crippen LogP contribution in [0.5, 0.6) is 0 Å². The first-order chi connectivity index (χ1) is 10.8. The fourth-order valence-electron chi connectivity index (χ4n) is 2.95. The Kier molecular flexibility index (Phi) is 9.54. The lowest BCUT2D eigenvalue weighted by Crippen LogP contribution is -2.49. The zero-order chi connectivity index (χ0) is 15.8. The molecule has 2 unspecified atom stereocenters. The number of hydrogen-bond acceptors (Lipinski definition) is 3. The summed E-state index contributed by atoms with van der Waals surface area (Å²) in [4.78, 5) is 11.0. The minimum atomic E-state index is 0. The highest BCUT2D eigenvalue weighted by molar-refractivity contribution is 14.0. The van der Waals surface area contributed by atoms with Gasteiger partial charge in [0, 0.05) is 52.3 Å². The van der Waals surface area contributed by atoms with Crippen LogP contribution in [0.25, 0.3) is 0 Å². The summed E-state index contributed by atoms with van der Waals surface area (Å²) in [5.41, 5.74) is 0. The van der Waals surface area contributed by atoms with Gasteiger partial charge in [-0.25, -0.2) is 4.98 Å². The Labute approximate surface area is 156 Å². The lowest BCUT2D eigenvalue weighted by Gasteiger charge is -2.39. The monoisotopic (exact) mass is 435 g/mol. The quantitative estimate of drug-likeness (QED) is 0.323. The molecule has 132 valence electrons. The fraction of sp³-hybridized carbons (Fsp3) is 0.750. The van der Waals surface area contributed by atoms with Crippen molar-refractivity contribution in [3.8, 4) is 0 Å². The van der Waals surface area contributed by atoms with E-state index in [1.165, 1.54) is 6.42 Å². The van der Waals surface area contributed by atoms with Crippen molar-refractivity contribution in [3.05, 3.63) is 18.7 Å². The Bertz CT molecular complexity index is 451. The van der Waals surface area contributed by atoms with Gasteiger partial charge in [-0.15, -0.1) is 24.0 Å². The van der Waals surface area contributed by atoms with Crippen LogP contribution in [0.1, 0.15) is 32.7 Å². The minimum absolute atomic E-state index is 0. The molecular weight excluding hydrogens is 405 g/mol. The summed E-state index contributed by atoms with van der Waals surface area (Å²) in [5.74, 6) is 1.65. The van der Waals surface area contributed by atoms with Crippen molar-refractivity contribution in [1.82, 2.24) is 19.8 Å². The van der Waals surface area contributed by atoms with Crippen molar-refractivity contribution in [2.24, 2.45) is 10.9 Å². The maximum atomic E-state index is 5.37. The van der Waals surface area contributed by atoms with Crippen molar-refractivity contribution in [1.29, 1.82) is 0 Å². The highest BCUT2D eigenvalue weighted by Gasteiger charge is 2.28. The number of rotatable bonds is 6. The van der Waals surface area contributed by atoms with Gasteiger partial charge in [0.05, 0.1) is 12.4 Å². The van der Waals surface area contributed by atoms with E-state index in [2.05, 4.69) is 37.9 Å². The molecule has 1 aliphatic rings. The van der Waals surface area contributed by atoms with Crippen molar-refractivity contribution in [2.75, 3.05) is 39.9 Å². The van der Waals surface area contributed by atoms with Crippen LogP contribution in [0.2, 0.25) is 0 Å². The second kappa shape index (κ2) is 10.9. The second-order valence-electron chi connectivity index (χ2n) is 5.81. The number of aliphatic imine (C=N–C) groups is 1. The first kappa shape index (κ1) is 20.2. The number of ether oxygens (including phenoxy) is 1. The van der Waals surface area contributed by atoms with E-state index >= 15 is 0 Å². The molecule has 0 spiro atoms. The van der Waals surface area contributed by atoms with Gasteiger partial charge in [-0.1, -0.05) is 6.92 Å². The van der Waals surface area contributed by atoms with E-state index in [0.717, 1.165) is 45.2 Å². The number of imidazole rings is 1. The molecular formula is C16H30IN5O. The molecule has 0 saturated carbocycles. The molecule has 1 fully saturated rings. The van der Waals surface area contributed by atoms with Crippen LogP contribution < -0.4 is 5.32 Å². The largest absolute Gasteiger partial charge is 0.382 e. The lowest BCUT2D eigenvalue weighted by molar-refractivity contribution is 0.145. The van der Waals surface area contributed by atoms with Crippen molar-refractivity contribution in [3.63, 3.8) is 0 Å². The Balaban J connectivity index is 0.00000264. The number of nitrogens with zero attached hydrogens (tertiary/aromatic N) is 4. The third-order valence-electron chi connectivity index (χ3n) is 4.29. The summed E-state index contributed by atoms with van der Waals surface area (Å²) >= 11 is 0. The van der Waals surface area contributed by atoms with Gasteiger partial charge in [0.1, 0.15) is 0 Å². The van der Waals surface area contributed by atoms with Gasteiger partial charge in [0.2, 0.25) is 0 Å². The number of nitrogens with one attached hydrogen (secondary N) is 1. The molecule has 0 aliphatic carbocycles. The van der Waals surface area contributed by atoms with E-state index in [9.17, 15) is 0 Å². The maximum absolute atomic E-state index is 5.37. The molecule has 2 atom stereocenters. The number of halogens is 1. The van der Waals surface area contributed by atoms with Gasteiger partial charge >= 0.3 is 0 Å². The average Bonchev–Trinajstić information content (AvgIpc) is 3.06. The first-order valence-corrected chi connectivity index (χ1v) is 8.27. The third kappa shape index (κ3) is 5.95.